The van der Waals surface area contributed by atoms with Crippen molar-refractivity contribution in [2.24, 2.45) is 34.5 Å². The Labute approximate surface area is 133 Å². The van der Waals surface area contributed by atoms with E-state index >= 15 is 0 Å². The fraction of sp³-hybridized carbons (Fsp3) is 0.895. The fourth-order valence-electron chi connectivity index (χ4n) is 6.82. The van der Waals surface area contributed by atoms with Gasteiger partial charge in [0, 0.05) is 24.3 Å². The Morgan fingerprint density at radius 3 is 2.59 bits per heavy atom. The first-order valence-corrected chi connectivity index (χ1v) is 9.19. The summed E-state index contributed by atoms with van der Waals surface area (Å²) in [6, 6.07) is 0.353. The Morgan fingerprint density at radius 2 is 1.82 bits per heavy atom. The van der Waals surface area contributed by atoms with Gasteiger partial charge in [-0.05, 0) is 61.2 Å². The third-order valence-corrected chi connectivity index (χ3v) is 8.18. The molecule has 1 N–H and O–H groups in total. The van der Waals surface area contributed by atoms with Crippen LogP contribution in [0.15, 0.2) is 0 Å². The van der Waals surface area contributed by atoms with Gasteiger partial charge in [-0.15, -0.1) is 0 Å². The number of rotatable bonds is 0. The Morgan fingerprint density at radius 1 is 1.05 bits per heavy atom. The molecule has 4 aliphatic rings. The maximum atomic E-state index is 12.5. The topological polar surface area (TPSA) is 46.2 Å². The summed E-state index contributed by atoms with van der Waals surface area (Å²) in [5.41, 5.74) is 0.203. The van der Waals surface area contributed by atoms with E-state index in [9.17, 15) is 9.59 Å². The van der Waals surface area contributed by atoms with Crippen LogP contribution in [0.1, 0.15) is 65.7 Å². The summed E-state index contributed by atoms with van der Waals surface area (Å²) < 4.78 is 0. The molecule has 4 rings (SSSR count). The number of hydrogen-bond acceptors (Lipinski definition) is 2. The second-order valence-electron chi connectivity index (χ2n) is 9.05. The summed E-state index contributed by atoms with van der Waals surface area (Å²) >= 11 is 0. The molecule has 3 unspecified atom stereocenters. The number of hydrogen-bond donors (Lipinski definition) is 1. The van der Waals surface area contributed by atoms with E-state index in [4.69, 9.17) is 0 Å². The van der Waals surface area contributed by atoms with Gasteiger partial charge in [0.1, 0.15) is 5.78 Å². The standard InChI is InChI=1S/C19H29NO2/c1-11-10-14-18(2,9-7-16(22)20-14)13-6-8-19(3)12(17(11)13)4-5-15(19)21/h11-14,17H,4-10H2,1-3H3,(H,20,22)/t11-,12?,13?,14+,17?,18+,19-/m0/s1. The monoisotopic (exact) mass is 303 g/mol. The highest BCUT2D eigenvalue weighted by Gasteiger charge is 2.61. The van der Waals surface area contributed by atoms with E-state index in [1.807, 2.05) is 0 Å². The first kappa shape index (κ1) is 14.7. The molecule has 0 aromatic carbocycles. The van der Waals surface area contributed by atoms with Crippen molar-refractivity contribution in [2.45, 2.75) is 71.8 Å². The van der Waals surface area contributed by atoms with Gasteiger partial charge < -0.3 is 5.32 Å². The van der Waals surface area contributed by atoms with E-state index in [0.717, 1.165) is 32.1 Å². The predicted molar refractivity (Wildman–Crippen MR) is 85.1 cm³/mol. The molecule has 3 heteroatoms. The molecule has 7 atom stereocenters. The third-order valence-electron chi connectivity index (χ3n) is 8.18. The second-order valence-corrected chi connectivity index (χ2v) is 9.05. The molecule has 4 fully saturated rings. The Bertz CT molecular complexity index is 530. The number of nitrogens with one attached hydrogen (secondary N) is 1. The number of Topliss-reactive ketones (excluding diaryl/α,β-unsaturated/α-hetero) is 1. The Kier molecular flexibility index (Phi) is 3.06. The highest BCUT2D eigenvalue weighted by atomic mass is 16.1. The molecule has 1 saturated heterocycles. The number of amides is 1. The van der Waals surface area contributed by atoms with Gasteiger partial charge in [0.05, 0.1) is 0 Å². The average Bonchev–Trinajstić information content (AvgIpc) is 2.77. The summed E-state index contributed by atoms with van der Waals surface area (Å²) in [7, 11) is 0. The lowest BCUT2D eigenvalue weighted by molar-refractivity contribution is -0.147. The normalized spacial score (nSPS) is 54.2. The SMILES string of the molecule is C[C@H]1C[C@H]2NC(=O)CC[C@]2(C)C2CC[C@]3(C)C(=O)CCC3C21. The van der Waals surface area contributed by atoms with Crippen LogP contribution in [0, 0.1) is 34.5 Å². The van der Waals surface area contributed by atoms with Crippen LogP contribution in [0.3, 0.4) is 0 Å². The van der Waals surface area contributed by atoms with Crippen molar-refractivity contribution < 1.29 is 9.59 Å². The first-order valence-electron chi connectivity index (χ1n) is 9.19. The number of piperidine rings is 1. The largest absolute Gasteiger partial charge is 0.353 e. The molecule has 0 aromatic rings. The van der Waals surface area contributed by atoms with Gasteiger partial charge in [-0.1, -0.05) is 20.8 Å². The molecule has 22 heavy (non-hydrogen) atoms. The Balaban J connectivity index is 1.70. The minimum Gasteiger partial charge on any atom is -0.353 e. The minimum absolute atomic E-state index is 0.0451. The minimum atomic E-state index is -0.0451. The molecule has 1 heterocycles. The lowest BCUT2D eigenvalue weighted by Crippen LogP contribution is -2.63. The van der Waals surface area contributed by atoms with Crippen LogP contribution in [0.2, 0.25) is 0 Å². The van der Waals surface area contributed by atoms with E-state index in [2.05, 4.69) is 26.1 Å². The van der Waals surface area contributed by atoms with Crippen molar-refractivity contribution >= 4 is 11.7 Å². The zero-order chi connectivity index (χ0) is 15.7. The maximum absolute atomic E-state index is 12.5. The predicted octanol–water partition coefficient (Wildman–Crippen LogP) is 3.32. The van der Waals surface area contributed by atoms with Crippen LogP contribution in [-0.4, -0.2) is 17.7 Å². The van der Waals surface area contributed by atoms with Crippen LogP contribution in [0.25, 0.3) is 0 Å². The third kappa shape index (κ3) is 1.74. The number of fused-ring (bicyclic) bond motifs is 5. The molecular weight excluding hydrogens is 274 g/mol. The molecule has 1 amide bonds. The fourth-order valence-corrected chi connectivity index (χ4v) is 6.82. The summed E-state index contributed by atoms with van der Waals surface area (Å²) in [6.45, 7) is 7.03. The highest BCUT2D eigenvalue weighted by molar-refractivity contribution is 5.87. The molecule has 122 valence electrons. The zero-order valence-corrected chi connectivity index (χ0v) is 14.2. The van der Waals surface area contributed by atoms with Gasteiger partial charge >= 0.3 is 0 Å². The quantitative estimate of drug-likeness (QED) is 0.746. The van der Waals surface area contributed by atoms with E-state index in [1.165, 1.54) is 6.42 Å². The van der Waals surface area contributed by atoms with Crippen LogP contribution >= 0.6 is 0 Å². The lowest BCUT2D eigenvalue weighted by atomic mass is 9.45. The van der Waals surface area contributed by atoms with E-state index in [1.54, 1.807) is 0 Å². The van der Waals surface area contributed by atoms with Crippen LogP contribution in [0.4, 0.5) is 0 Å². The molecular formula is C19H29NO2. The van der Waals surface area contributed by atoms with Crippen molar-refractivity contribution in [1.29, 1.82) is 0 Å². The van der Waals surface area contributed by atoms with Gasteiger partial charge in [-0.3, -0.25) is 9.59 Å². The molecule has 0 radical (unpaired) electrons. The van der Waals surface area contributed by atoms with Crippen molar-refractivity contribution in [3.8, 4) is 0 Å². The summed E-state index contributed by atoms with van der Waals surface area (Å²) in [5.74, 6) is 3.34. The second kappa shape index (κ2) is 4.58. The molecule has 0 bridgehead atoms. The highest BCUT2D eigenvalue weighted by Crippen LogP contribution is 2.64. The number of carbonyl (C=O) groups excluding carboxylic acids is 2. The summed E-state index contributed by atoms with van der Waals surface area (Å²) in [5, 5.41) is 3.29. The van der Waals surface area contributed by atoms with Crippen LogP contribution in [0.5, 0.6) is 0 Å². The van der Waals surface area contributed by atoms with Crippen molar-refractivity contribution in [3.05, 3.63) is 0 Å². The number of ketones is 1. The van der Waals surface area contributed by atoms with Gasteiger partial charge in [0.2, 0.25) is 5.91 Å². The molecule has 3 aliphatic carbocycles. The van der Waals surface area contributed by atoms with Gasteiger partial charge in [0.15, 0.2) is 0 Å². The van der Waals surface area contributed by atoms with E-state index < -0.39 is 0 Å². The van der Waals surface area contributed by atoms with Crippen molar-refractivity contribution in [3.63, 3.8) is 0 Å². The van der Waals surface area contributed by atoms with Gasteiger partial charge in [0.25, 0.3) is 0 Å². The first-order chi connectivity index (χ1) is 10.4. The maximum Gasteiger partial charge on any atom is 0.220 e. The average molecular weight is 303 g/mol. The molecule has 1 aliphatic heterocycles. The van der Waals surface area contributed by atoms with Gasteiger partial charge in [-0.2, -0.15) is 0 Å². The molecule has 0 aromatic heterocycles. The molecule has 0 spiro atoms. The van der Waals surface area contributed by atoms with Gasteiger partial charge in [-0.25, -0.2) is 0 Å². The molecule has 3 nitrogen and oxygen atoms in total. The van der Waals surface area contributed by atoms with E-state index in [-0.39, 0.29) is 16.7 Å². The summed E-state index contributed by atoms with van der Waals surface area (Å²) in [4.78, 5) is 24.3. The van der Waals surface area contributed by atoms with Crippen LogP contribution < -0.4 is 5.32 Å². The number of carbonyl (C=O) groups is 2. The van der Waals surface area contributed by atoms with Crippen LogP contribution in [-0.2, 0) is 9.59 Å². The zero-order valence-electron chi connectivity index (χ0n) is 14.2. The van der Waals surface area contributed by atoms with E-state index in [0.29, 0.717) is 41.9 Å². The van der Waals surface area contributed by atoms with Crippen molar-refractivity contribution in [1.82, 2.24) is 5.32 Å². The Hall–Kier alpha value is -0.860. The smallest absolute Gasteiger partial charge is 0.220 e. The molecule has 3 saturated carbocycles. The summed E-state index contributed by atoms with van der Waals surface area (Å²) in [6.07, 6.45) is 6.98. The lowest BCUT2D eigenvalue weighted by Gasteiger charge is -2.61. The van der Waals surface area contributed by atoms with Crippen molar-refractivity contribution in [2.75, 3.05) is 0 Å².